The van der Waals surface area contributed by atoms with Crippen molar-refractivity contribution in [1.29, 1.82) is 0 Å². The van der Waals surface area contributed by atoms with Crippen molar-refractivity contribution in [2.24, 2.45) is 0 Å². The molecule has 0 heterocycles. The molecule has 0 amide bonds. The van der Waals surface area contributed by atoms with Crippen molar-refractivity contribution in [2.45, 2.75) is 0 Å². The van der Waals surface area contributed by atoms with E-state index in [0.29, 0.717) is 0 Å². The monoisotopic (exact) mass is 237 g/mol. The molecule has 6 heteroatoms. The van der Waals surface area contributed by atoms with Gasteiger partial charge in [0, 0.05) is 0 Å². The molecule has 0 fully saturated rings. The van der Waals surface area contributed by atoms with Crippen LogP contribution in [0, 0.1) is 21.7 Å². The number of hydrogen-bond acceptors (Lipinski definition) is 2. The van der Waals surface area contributed by atoms with E-state index in [1.807, 2.05) is 0 Å². The summed E-state index contributed by atoms with van der Waals surface area (Å²) in [7, 11) is 0. The van der Waals surface area contributed by atoms with Gasteiger partial charge in [0.2, 0.25) is 11.6 Å². The third-order valence-corrected chi connectivity index (χ3v) is 1.81. The molecular formula is C6H2BrF2NO2. The van der Waals surface area contributed by atoms with E-state index in [9.17, 15) is 18.9 Å². The Morgan fingerprint density at radius 2 is 2.00 bits per heavy atom. The van der Waals surface area contributed by atoms with Crippen LogP contribution in [0.5, 0.6) is 0 Å². The Kier molecular flexibility index (Phi) is 2.37. The van der Waals surface area contributed by atoms with E-state index in [4.69, 9.17) is 0 Å². The Bertz CT molecular complexity index is 343. The number of rotatable bonds is 1. The summed E-state index contributed by atoms with van der Waals surface area (Å²) >= 11 is 2.70. The zero-order valence-corrected chi connectivity index (χ0v) is 7.14. The second-order valence-corrected chi connectivity index (χ2v) is 2.80. The first-order valence-electron chi connectivity index (χ1n) is 2.82. The minimum Gasteiger partial charge on any atom is -0.258 e. The van der Waals surface area contributed by atoms with Crippen LogP contribution < -0.4 is 0 Å². The van der Waals surface area contributed by atoms with Crippen molar-refractivity contribution in [3.63, 3.8) is 0 Å². The van der Waals surface area contributed by atoms with Gasteiger partial charge in [0.1, 0.15) is 0 Å². The average molecular weight is 238 g/mol. The molecule has 0 saturated carbocycles. The van der Waals surface area contributed by atoms with Crippen molar-refractivity contribution < 1.29 is 13.7 Å². The quantitative estimate of drug-likeness (QED) is 0.428. The third kappa shape index (κ3) is 1.42. The van der Waals surface area contributed by atoms with Gasteiger partial charge < -0.3 is 0 Å². The lowest BCUT2D eigenvalue weighted by molar-refractivity contribution is -0.390. The Hall–Kier alpha value is -1.04. The highest BCUT2D eigenvalue weighted by Crippen LogP contribution is 2.27. The molecule has 0 aliphatic carbocycles. The molecule has 0 N–H and O–H groups in total. The van der Waals surface area contributed by atoms with Crippen LogP contribution in [-0.2, 0) is 0 Å². The number of nitro benzene ring substituents is 1. The Balaban J connectivity index is 3.43. The van der Waals surface area contributed by atoms with Gasteiger partial charge in [-0.2, -0.15) is 8.78 Å². The van der Waals surface area contributed by atoms with Crippen molar-refractivity contribution >= 4 is 21.6 Å². The van der Waals surface area contributed by atoms with Crippen molar-refractivity contribution in [3.8, 4) is 0 Å². The van der Waals surface area contributed by atoms with Crippen LogP contribution >= 0.6 is 15.9 Å². The summed E-state index contributed by atoms with van der Waals surface area (Å²) < 4.78 is 25.2. The van der Waals surface area contributed by atoms with Crippen LogP contribution in [0.3, 0.4) is 0 Å². The smallest absolute Gasteiger partial charge is 0.258 e. The lowest BCUT2D eigenvalue weighted by atomic mass is 10.3. The predicted octanol–water partition coefficient (Wildman–Crippen LogP) is 2.64. The highest BCUT2D eigenvalue weighted by Gasteiger charge is 2.22. The number of benzene rings is 1. The largest absolute Gasteiger partial charge is 0.341 e. The molecule has 3 nitrogen and oxygen atoms in total. The van der Waals surface area contributed by atoms with Crippen LogP contribution in [-0.4, -0.2) is 4.92 Å². The minimum absolute atomic E-state index is 0.129. The fourth-order valence-electron chi connectivity index (χ4n) is 0.684. The highest BCUT2D eigenvalue weighted by molar-refractivity contribution is 9.10. The van der Waals surface area contributed by atoms with E-state index in [1.165, 1.54) is 0 Å². The average Bonchev–Trinajstić information content (AvgIpc) is 1.97. The van der Waals surface area contributed by atoms with Gasteiger partial charge >= 0.3 is 5.69 Å². The molecule has 0 aromatic heterocycles. The SMILES string of the molecule is O=[N+]([O-])c1c(F)ccc(Br)c1F. The lowest BCUT2D eigenvalue weighted by Gasteiger charge is -1.96. The molecule has 0 spiro atoms. The van der Waals surface area contributed by atoms with E-state index < -0.39 is 22.2 Å². The molecule has 1 aromatic rings. The fourth-order valence-corrected chi connectivity index (χ4v) is 1.00. The molecule has 1 aromatic carbocycles. The molecule has 0 aliphatic rings. The first kappa shape index (κ1) is 9.05. The van der Waals surface area contributed by atoms with Gasteiger partial charge in [-0.25, -0.2) is 0 Å². The number of halogens is 3. The summed E-state index contributed by atoms with van der Waals surface area (Å²) in [5.74, 6) is -2.37. The summed E-state index contributed by atoms with van der Waals surface area (Å²) in [6.45, 7) is 0. The second-order valence-electron chi connectivity index (χ2n) is 1.95. The molecule has 1 rings (SSSR count). The molecular weight excluding hydrogens is 236 g/mol. The summed E-state index contributed by atoms with van der Waals surface area (Å²) in [5, 5.41) is 10.1. The van der Waals surface area contributed by atoms with Gasteiger partial charge in [-0.1, -0.05) is 0 Å². The number of nitro groups is 1. The van der Waals surface area contributed by atoms with E-state index in [-0.39, 0.29) is 4.47 Å². The highest BCUT2D eigenvalue weighted by atomic mass is 79.9. The number of hydrogen-bond donors (Lipinski definition) is 0. The van der Waals surface area contributed by atoms with E-state index in [0.717, 1.165) is 12.1 Å². The molecule has 0 aliphatic heterocycles. The molecule has 0 atom stereocenters. The second kappa shape index (κ2) is 3.14. The van der Waals surface area contributed by atoms with Gasteiger partial charge in [-0.3, -0.25) is 10.1 Å². The van der Waals surface area contributed by atoms with Gasteiger partial charge in [-0.05, 0) is 28.1 Å². The van der Waals surface area contributed by atoms with Crippen LogP contribution in [0.4, 0.5) is 14.5 Å². The van der Waals surface area contributed by atoms with E-state index in [2.05, 4.69) is 15.9 Å². The van der Waals surface area contributed by atoms with Crippen molar-refractivity contribution in [1.82, 2.24) is 0 Å². The first-order valence-corrected chi connectivity index (χ1v) is 3.61. The Morgan fingerprint density at radius 3 is 2.42 bits per heavy atom. The molecule has 0 unspecified atom stereocenters. The normalized spacial score (nSPS) is 9.92. The first-order chi connectivity index (χ1) is 5.54. The maximum Gasteiger partial charge on any atom is 0.341 e. The minimum atomic E-state index is -1.19. The van der Waals surface area contributed by atoms with E-state index in [1.54, 1.807) is 0 Å². The fraction of sp³-hybridized carbons (Fsp3) is 0. The van der Waals surface area contributed by atoms with Crippen LogP contribution in [0.2, 0.25) is 0 Å². The van der Waals surface area contributed by atoms with E-state index >= 15 is 0 Å². The van der Waals surface area contributed by atoms with Crippen LogP contribution in [0.25, 0.3) is 0 Å². The lowest BCUT2D eigenvalue weighted by Crippen LogP contribution is -1.96. The maximum absolute atomic E-state index is 12.8. The molecule has 12 heavy (non-hydrogen) atoms. The van der Waals surface area contributed by atoms with Crippen molar-refractivity contribution in [2.75, 3.05) is 0 Å². The summed E-state index contributed by atoms with van der Waals surface area (Å²) in [5.41, 5.74) is -1.13. The Labute approximate surface area is 74.3 Å². The summed E-state index contributed by atoms with van der Waals surface area (Å²) in [6.07, 6.45) is 0. The number of nitrogens with zero attached hydrogens (tertiary/aromatic N) is 1. The summed E-state index contributed by atoms with van der Waals surface area (Å²) in [4.78, 5) is 9.00. The Morgan fingerprint density at radius 1 is 1.42 bits per heavy atom. The van der Waals surface area contributed by atoms with Gasteiger partial charge in [0.05, 0.1) is 9.40 Å². The predicted molar refractivity (Wildman–Crippen MR) is 40.7 cm³/mol. The zero-order chi connectivity index (χ0) is 9.30. The van der Waals surface area contributed by atoms with Crippen molar-refractivity contribution in [3.05, 3.63) is 38.4 Å². The third-order valence-electron chi connectivity index (χ3n) is 1.20. The van der Waals surface area contributed by atoms with Gasteiger partial charge in [0.15, 0.2) is 0 Å². The van der Waals surface area contributed by atoms with Gasteiger partial charge in [0.25, 0.3) is 0 Å². The van der Waals surface area contributed by atoms with Gasteiger partial charge in [-0.15, -0.1) is 0 Å². The zero-order valence-electron chi connectivity index (χ0n) is 5.55. The summed E-state index contributed by atoms with van der Waals surface area (Å²) in [6, 6.07) is 1.89. The maximum atomic E-state index is 12.8. The standard InChI is InChI=1S/C6H2BrF2NO2/c7-3-1-2-4(8)6(5(3)9)10(11)12/h1-2H. The molecule has 0 bridgehead atoms. The molecule has 0 saturated heterocycles. The topological polar surface area (TPSA) is 43.1 Å². The molecule has 64 valence electrons. The van der Waals surface area contributed by atoms with Crippen LogP contribution in [0.15, 0.2) is 16.6 Å². The van der Waals surface area contributed by atoms with Crippen LogP contribution in [0.1, 0.15) is 0 Å². The molecule has 0 radical (unpaired) electrons.